The third-order valence-electron chi connectivity index (χ3n) is 6.41. The Hall–Kier alpha value is -3.41. The lowest BCUT2D eigenvalue weighted by atomic mass is 10.1. The topological polar surface area (TPSA) is 262 Å². The fourth-order valence-corrected chi connectivity index (χ4v) is 6.74. The zero-order chi connectivity index (χ0) is 33.9. The number of fused-ring (bicyclic) bond motifs is 4. The van der Waals surface area contributed by atoms with Gasteiger partial charge in [0.2, 0.25) is 5.88 Å². The molecule has 2 aliphatic heterocycles. The van der Waals surface area contributed by atoms with Crippen LogP contribution in [0.25, 0.3) is 22.6 Å². The Labute approximate surface area is 272 Å². The maximum Gasteiger partial charge on any atom is 0.300 e. The number of likely N-dealkylation sites (N-methyl/N-ethyl adjacent to an activating group) is 1. The number of rotatable bonds is 9. The molecule has 22 heteroatoms. The Morgan fingerprint density at radius 3 is 2.33 bits per heavy atom. The molecular formula is C24H23Cl2N5O12S3. The monoisotopic (exact) mass is 739 g/mol. The number of aromatic nitrogens is 1. The molecule has 0 aromatic heterocycles. The average Bonchev–Trinajstić information content (AvgIpc) is 2.94. The molecule has 0 amide bonds. The van der Waals surface area contributed by atoms with Crippen molar-refractivity contribution in [2.75, 3.05) is 24.2 Å². The minimum absolute atomic E-state index is 0.0341. The summed E-state index contributed by atoms with van der Waals surface area (Å²) in [6.45, 7) is 5.36. The Morgan fingerprint density at radius 2 is 1.72 bits per heavy atom. The predicted molar refractivity (Wildman–Crippen MR) is 168 cm³/mol. The summed E-state index contributed by atoms with van der Waals surface area (Å²) < 4.78 is 113. The molecule has 0 fully saturated rings. The summed E-state index contributed by atoms with van der Waals surface area (Å²) in [4.78, 5) is 6.44. The number of nitrogens with one attached hydrogen (secondary N) is 3. The second-order valence-corrected chi connectivity index (χ2v) is 14.2. The highest BCUT2D eigenvalue weighted by Gasteiger charge is 2.34. The zero-order valence-corrected chi connectivity index (χ0v) is 27.2. The van der Waals surface area contributed by atoms with E-state index in [0.717, 1.165) is 6.07 Å². The number of anilines is 3. The van der Waals surface area contributed by atoms with E-state index >= 15 is 0 Å². The van der Waals surface area contributed by atoms with Crippen molar-refractivity contribution >= 4 is 82.8 Å². The van der Waals surface area contributed by atoms with E-state index in [0.29, 0.717) is 0 Å². The van der Waals surface area contributed by atoms with Crippen LogP contribution in [0.4, 0.5) is 17.1 Å². The standard InChI is InChI=1S/C24H23Cl2N5O12S3/c1-9(27-3)8-28-13-6-4-11-19(23(13)44(32,33)34)41-21-15(25)18-22(16(26)17(21)30-11)42-20-12(31-18)5-7-14(24(20)45(35,36)37)29-10(2)43-46(38,39)40/h4-7,9,27-28,30,38-40H,2,8H2,1,3H3,(H,32,33,34)(H,35,36,37). The lowest BCUT2D eigenvalue weighted by Gasteiger charge is -2.27. The first-order valence-corrected chi connectivity index (χ1v) is 17.6. The maximum atomic E-state index is 12.5. The Balaban J connectivity index is 1.72. The molecule has 2 aromatic carbocycles. The van der Waals surface area contributed by atoms with E-state index in [1.54, 1.807) is 7.05 Å². The summed E-state index contributed by atoms with van der Waals surface area (Å²) in [6, 6.07) is 4.98. The zero-order valence-electron chi connectivity index (χ0n) is 23.3. The number of nitrogens with zero attached hydrogens (tertiary/aromatic N) is 2. The van der Waals surface area contributed by atoms with Gasteiger partial charge in [-0.25, -0.2) is 9.98 Å². The molecule has 0 saturated carbocycles. The van der Waals surface area contributed by atoms with Gasteiger partial charge in [0.15, 0.2) is 32.6 Å². The lowest BCUT2D eigenvalue weighted by Crippen LogP contribution is -2.29. The molecule has 46 heavy (non-hydrogen) atoms. The number of benzene rings is 3. The van der Waals surface area contributed by atoms with E-state index in [1.807, 2.05) is 6.92 Å². The maximum absolute atomic E-state index is 12.5. The normalized spacial score (nSPS) is 14.7. The number of ether oxygens (including phenoxy) is 1. The van der Waals surface area contributed by atoms with Crippen LogP contribution >= 0.6 is 34.4 Å². The Bertz CT molecular complexity index is 2190. The molecule has 2 heterocycles. The largest absolute Gasteiger partial charge is 0.450 e. The van der Waals surface area contributed by atoms with Crippen molar-refractivity contribution in [1.29, 1.82) is 0 Å². The first-order chi connectivity index (χ1) is 21.3. The lowest BCUT2D eigenvalue weighted by molar-refractivity contribution is 0.246. The second-order valence-electron chi connectivity index (χ2n) is 9.61. The number of hydrogen-bond acceptors (Lipinski definition) is 15. The molecule has 1 aliphatic carbocycles. The fraction of sp³-hybridized carbons (Fsp3) is 0.167. The molecule has 0 spiro atoms. The minimum Gasteiger partial charge on any atom is -0.450 e. The van der Waals surface area contributed by atoms with E-state index in [9.17, 15) is 25.9 Å². The molecule has 1 atom stereocenters. The average molecular weight is 741 g/mol. The highest BCUT2D eigenvalue weighted by molar-refractivity contribution is 8.15. The molecular weight excluding hydrogens is 717 g/mol. The summed E-state index contributed by atoms with van der Waals surface area (Å²) in [5.41, 5.74) is -0.664. The van der Waals surface area contributed by atoms with E-state index in [1.165, 1.54) is 18.2 Å². The van der Waals surface area contributed by atoms with Crippen molar-refractivity contribution in [2.24, 2.45) is 4.99 Å². The van der Waals surface area contributed by atoms with Gasteiger partial charge in [-0.1, -0.05) is 23.2 Å². The molecule has 0 saturated heterocycles. The van der Waals surface area contributed by atoms with Gasteiger partial charge in [-0.15, -0.1) is 0 Å². The van der Waals surface area contributed by atoms with Gasteiger partial charge in [-0.3, -0.25) is 22.8 Å². The van der Waals surface area contributed by atoms with Crippen LogP contribution in [0.1, 0.15) is 6.92 Å². The van der Waals surface area contributed by atoms with Crippen LogP contribution in [0.3, 0.4) is 0 Å². The van der Waals surface area contributed by atoms with Gasteiger partial charge >= 0.3 is 10.1 Å². The van der Waals surface area contributed by atoms with E-state index in [-0.39, 0.29) is 68.0 Å². The van der Waals surface area contributed by atoms with Gasteiger partial charge in [-0.05, 0) is 44.8 Å². The van der Waals surface area contributed by atoms with E-state index in [4.69, 9.17) is 46.0 Å². The van der Waals surface area contributed by atoms with Gasteiger partial charge in [-0.2, -0.15) is 16.8 Å². The third-order valence-corrected chi connectivity index (χ3v) is 9.37. The molecule has 1 unspecified atom stereocenters. The van der Waals surface area contributed by atoms with Crippen LogP contribution in [-0.4, -0.2) is 64.2 Å². The summed E-state index contributed by atoms with van der Waals surface area (Å²) in [6.07, 6.45) is 0. The van der Waals surface area contributed by atoms with E-state index in [2.05, 4.69) is 36.7 Å². The SMILES string of the molecule is C=C(N=c1ccc2nc3c(Cl)c4c(c(Cl)c3oc-2c1S(=O)(=O)O)Nc1ccc(NCC(C)NC)c(S(=O)(=O)O)c1O4)OS(O)(O)O. The van der Waals surface area contributed by atoms with Crippen molar-refractivity contribution in [3.63, 3.8) is 0 Å². The van der Waals surface area contributed by atoms with Crippen molar-refractivity contribution in [1.82, 2.24) is 10.3 Å². The van der Waals surface area contributed by atoms with Crippen LogP contribution in [0.2, 0.25) is 10.0 Å². The molecule has 3 aliphatic rings. The quantitative estimate of drug-likeness (QED) is 0.0553. The van der Waals surface area contributed by atoms with Crippen molar-refractivity contribution in [3.05, 3.63) is 52.1 Å². The van der Waals surface area contributed by atoms with Crippen molar-refractivity contribution in [3.8, 4) is 23.0 Å². The van der Waals surface area contributed by atoms with Crippen molar-refractivity contribution < 1.29 is 52.9 Å². The van der Waals surface area contributed by atoms with Crippen LogP contribution in [0.15, 0.2) is 55.9 Å². The highest BCUT2D eigenvalue weighted by atomic mass is 35.5. The molecule has 0 radical (unpaired) electrons. The minimum atomic E-state index is -5.14. The fourth-order valence-electron chi connectivity index (χ4n) is 4.36. The summed E-state index contributed by atoms with van der Waals surface area (Å²) >= 11 is 8.73. The van der Waals surface area contributed by atoms with Crippen LogP contribution in [0, 0.1) is 0 Å². The summed E-state index contributed by atoms with van der Waals surface area (Å²) in [5.74, 6) is -1.93. The molecule has 8 N–H and O–H groups in total. The van der Waals surface area contributed by atoms with Crippen molar-refractivity contribution in [2.45, 2.75) is 22.8 Å². The third kappa shape index (κ3) is 6.55. The Kier molecular flexibility index (Phi) is 8.85. The van der Waals surface area contributed by atoms with E-state index < -0.39 is 58.2 Å². The molecule has 5 rings (SSSR count). The summed E-state index contributed by atoms with van der Waals surface area (Å²) in [7, 11) is -8.30. The molecule has 248 valence electrons. The summed E-state index contributed by atoms with van der Waals surface area (Å²) in [5, 5.41) is 7.72. The predicted octanol–water partition coefficient (Wildman–Crippen LogP) is 5.13. The Morgan fingerprint density at radius 1 is 1.04 bits per heavy atom. The van der Waals surface area contributed by atoms with Crippen LogP contribution in [0.5, 0.6) is 11.5 Å². The van der Waals surface area contributed by atoms with Gasteiger partial charge in [0.05, 0.1) is 16.7 Å². The van der Waals surface area contributed by atoms with Gasteiger partial charge in [0.25, 0.3) is 21.3 Å². The second kappa shape index (κ2) is 12.0. The van der Waals surface area contributed by atoms with Crippen LogP contribution < -0.4 is 26.0 Å². The van der Waals surface area contributed by atoms with Gasteiger partial charge in [0.1, 0.15) is 26.9 Å². The first kappa shape index (κ1) is 33.9. The van der Waals surface area contributed by atoms with Crippen LogP contribution in [-0.2, 0) is 24.4 Å². The molecule has 0 bridgehead atoms. The smallest absolute Gasteiger partial charge is 0.300 e. The molecule has 2 aromatic rings. The number of hydrogen-bond donors (Lipinski definition) is 8. The number of halogens is 2. The first-order valence-electron chi connectivity index (χ1n) is 12.5. The van der Waals surface area contributed by atoms with Gasteiger partial charge < -0.3 is 29.3 Å². The highest BCUT2D eigenvalue weighted by Crippen LogP contribution is 2.55. The molecule has 17 nitrogen and oxygen atoms in total. The van der Waals surface area contributed by atoms with Gasteiger partial charge in [0, 0.05) is 12.6 Å².